The number of carbonyl (C=O) groups is 1. The summed E-state index contributed by atoms with van der Waals surface area (Å²) in [4.78, 5) is 13.0. The molecule has 168 valence electrons. The molecule has 0 saturated carbocycles. The van der Waals surface area contributed by atoms with Crippen molar-refractivity contribution in [2.45, 2.75) is 57.9 Å². The Morgan fingerprint density at radius 1 is 1.13 bits per heavy atom. The fraction of sp³-hybridized carbons (Fsp3) is 0.500. The summed E-state index contributed by atoms with van der Waals surface area (Å²) in [7, 11) is 1.72. The lowest BCUT2D eigenvalue weighted by Crippen LogP contribution is -2.48. The molecule has 0 radical (unpaired) electrons. The second-order valence-electron chi connectivity index (χ2n) is 8.93. The predicted octanol–water partition coefficient (Wildman–Crippen LogP) is 4.79. The van der Waals surface area contributed by atoms with Gasteiger partial charge in [-0.25, -0.2) is 0 Å². The highest BCUT2D eigenvalue weighted by Crippen LogP contribution is 2.40. The van der Waals surface area contributed by atoms with Gasteiger partial charge in [-0.15, -0.1) is 0 Å². The van der Waals surface area contributed by atoms with Gasteiger partial charge in [-0.3, -0.25) is 4.79 Å². The van der Waals surface area contributed by atoms with E-state index in [1.807, 2.05) is 31.2 Å². The van der Waals surface area contributed by atoms with Crippen molar-refractivity contribution in [2.75, 3.05) is 32.2 Å². The van der Waals surface area contributed by atoms with Crippen LogP contribution >= 0.6 is 0 Å². The zero-order valence-electron chi connectivity index (χ0n) is 19.5. The molecule has 1 heterocycles. The maximum Gasteiger partial charge on any atom is 0.241 e. The van der Waals surface area contributed by atoms with Gasteiger partial charge >= 0.3 is 0 Å². The van der Waals surface area contributed by atoms with Crippen molar-refractivity contribution in [2.24, 2.45) is 0 Å². The number of para-hydroxylation sites is 1. The van der Waals surface area contributed by atoms with Crippen LogP contribution in [0.15, 0.2) is 42.5 Å². The molecule has 2 aromatic rings. The number of ether oxygens (including phenoxy) is 2. The third-order valence-corrected chi connectivity index (χ3v) is 6.36. The van der Waals surface area contributed by atoms with E-state index in [0.717, 1.165) is 29.8 Å². The average molecular weight is 425 g/mol. The monoisotopic (exact) mass is 424 g/mol. The van der Waals surface area contributed by atoms with Crippen LogP contribution in [0, 0.1) is 6.92 Å². The number of hydrogen-bond donors (Lipinski definition) is 2. The summed E-state index contributed by atoms with van der Waals surface area (Å²) in [6, 6.07) is 14.0. The molecule has 5 heteroatoms. The molecule has 1 unspecified atom stereocenters. The largest absolute Gasteiger partial charge is 0.496 e. The first-order chi connectivity index (χ1) is 14.9. The molecule has 1 saturated heterocycles. The molecule has 3 rings (SSSR count). The van der Waals surface area contributed by atoms with E-state index >= 15 is 0 Å². The maximum atomic E-state index is 13.0. The van der Waals surface area contributed by atoms with Crippen molar-refractivity contribution in [3.63, 3.8) is 0 Å². The van der Waals surface area contributed by atoms with Crippen molar-refractivity contribution < 1.29 is 14.3 Å². The Bertz CT molecular complexity index is 888. The number of nitrogens with one attached hydrogen (secondary N) is 2. The van der Waals surface area contributed by atoms with Gasteiger partial charge in [-0.2, -0.15) is 0 Å². The van der Waals surface area contributed by atoms with Gasteiger partial charge in [-0.1, -0.05) is 49.7 Å². The second-order valence-corrected chi connectivity index (χ2v) is 8.93. The molecule has 5 nitrogen and oxygen atoms in total. The minimum atomic E-state index is -0.323. The van der Waals surface area contributed by atoms with Crippen molar-refractivity contribution >= 4 is 11.6 Å². The van der Waals surface area contributed by atoms with Crippen molar-refractivity contribution in [1.29, 1.82) is 0 Å². The third-order valence-electron chi connectivity index (χ3n) is 6.36. The molecule has 31 heavy (non-hydrogen) atoms. The van der Waals surface area contributed by atoms with E-state index in [4.69, 9.17) is 9.47 Å². The van der Waals surface area contributed by atoms with E-state index < -0.39 is 0 Å². The second kappa shape index (κ2) is 10.3. The quantitative estimate of drug-likeness (QED) is 0.640. The number of rotatable bonds is 8. The van der Waals surface area contributed by atoms with Crippen LogP contribution < -0.4 is 15.4 Å². The average Bonchev–Trinajstić information content (AvgIpc) is 2.78. The fourth-order valence-electron chi connectivity index (χ4n) is 4.34. The van der Waals surface area contributed by atoms with Gasteiger partial charge in [0.2, 0.25) is 5.91 Å². The van der Waals surface area contributed by atoms with Crippen LogP contribution in [-0.2, 0) is 14.9 Å². The molecular formula is C26H36N2O3. The molecule has 1 aliphatic rings. The van der Waals surface area contributed by atoms with E-state index in [9.17, 15) is 4.79 Å². The minimum Gasteiger partial charge on any atom is -0.496 e. The van der Waals surface area contributed by atoms with Gasteiger partial charge in [0.05, 0.1) is 13.2 Å². The summed E-state index contributed by atoms with van der Waals surface area (Å²) in [6.45, 7) is 10.4. The van der Waals surface area contributed by atoms with Crippen LogP contribution in [0.5, 0.6) is 5.75 Å². The lowest BCUT2D eigenvalue weighted by Gasteiger charge is -2.39. The summed E-state index contributed by atoms with van der Waals surface area (Å²) >= 11 is 0. The number of carbonyl (C=O) groups excluding carboxylic acids is 1. The molecule has 1 amide bonds. The van der Waals surface area contributed by atoms with Crippen LogP contribution in [0.4, 0.5) is 5.69 Å². The lowest BCUT2D eigenvalue weighted by molar-refractivity contribution is -0.117. The Balaban J connectivity index is 1.75. The molecule has 2 aromatic carbocycles. The molecular weight excluding hydrogens is 388 g/mol. The summed E-state index contributed by atoms with van der Waals surface area (Å²) in [5.41, 5.74) is 4.31. The zero-order chi connectivity index (χ0) is 22.4. The van der Waals surface area contributed by atoms with Gasteiger partial charge in [0.15, 0.2) is 0 Å². The number of anilines is 1. The van der Waals surface area contributed by atoms with Crippen molar-refractivity contribution in [1.82, 2.24) is 5.32 Å². The Morgan fingerprint density at radius 3 is 2.52 bits per heavy atom. The lowest BCUT2D eigenvalue weighted by atomic mass is 9.73. The van der Waals surface area contributed by atoms with E-state index in [1.54, 1.807) is 7.11 Å². The van der Waals surface area contributed by atoms with E-state index in [-0.39, 0.29) is 17.4 Å². The first-order valence-electron chi connectivity index (χ1n) is 11.2. The predicted molar refractivity (Wildman–Crippen MR) is 126 cm³/mol. The summed E-state index contributed by atoms with van der Waals surface area (Å²) in [5, 5.41) is 6.62. The van der Waals surface area contributed by atoms with E-state index in [0.29, 0.717) is 25.7 Å². The SMILES string of the molecule is COc1ccc(C)cc1C1(CNC(C)C(=O)Nc2ccccc2C(C)C)CCOCC1. The van der Waals surface area contributed by atoms with Crippen LogP contribution in [0.1, 0.15) is 56.2 Å². The number of benzene rings is 2. The molecule has 0 spiro atoms. The number of methoxy groups -OCH3 is 1. The van der Waals surface area contributed by atoms with Crippen molar-refractivity contribution in [3.05, 3.63) is 59.2 Å². The van der Waals surface area contributed by atoms with Crippen LogP contribution in [-0.4, -0.2) is 38.8 Å². The minimum absolute atomic E-state index is 0.0217. The van der Waals surface area contributed by atoms with E-state index in [1.165, 1.54) is 11.1 Å². The zero-order valence-corrected chi connectivity index (χ0v) is 19.5. The van der Waals surface area contributed by atoms with Gasteiger partial charge < -0.3 is 20.1 Å². The highest BCUT2D eigenvalue weighted by atomic mass is 16.5. The molecule has 0 aromatic heterocycles. The Kier molecular flexibility index (Phi) is 7.74. The molecule has 1 aliphatic heterocycles. The third kappa shape index (κ3) is 5.46. The fourth-order valence-corrected chi connectivity index (χ4v) is 4.34. The number of amides is 1. The van der Waals surface area contributed by atoms with E-state index in [2.05, 4.69) is 49.6 Å². The molecule has 1 atom stereocenters. The molecule has 0 bridgehead atoms. The Hall–Kier alpha value is -2.37. The molecule has 0 aliphatic carbocycles. The first-order valence-corrected chi connectivity index (χ1v) is 11.2. The highest BCUT2D eigenvalue weighted by Gasteiger charge is 2.37. The van der Waals surface area contributed by atoms with Gasteiger partial charge in [-0.05, 0) is 50.3 Å². The van der Waals surface area contributed by atoms with Crippen LogP contribution in [0.25, 0.3) is 0 Å². The van der Waals surface area contributed by atoms with Crippen LogP contribution in [0.2, 0.25) is 0 Å². The first kappa shape index (κ1) is 23.3. The standard InChI is InChI=1S/C26H36N2O3/c1-18(2)21-8-6-7-9-23(21)28-25(29)20(4)27-17-26(12-14-31-15-13-26)22-16-19(3)10-11-24(22)30-5/h6-11,16,18,20,27H,12-15,17H2,1-5H3,(H,28,29). The number of hydrogen-bond acceptors (Lipinski definition) is 4. The normalized spacial score (nSPS) is 16.7. The maximum absolute atomic E-state index is 13.0. The summed E-state index contributed by atoms with van der Waals surface area (Å²) < 4.78 is 11.4. The topological polar surface area (TPSA) is 59.6 Å². The molecule has 2 N–H and O–H groups in total. The highest BCUT2D eigenvalue weighted by molar-refractivity contribution is 5.95. The molecule has 1 fully saturated rings. The van der Waals surface area contributed by atoms with Gasteiger partial charge in [0, 0.05) is 36.4 Å². The van der Waals surface area contributed by atoms with Crippen LogP contribution in [0.3, 0.4) is 0 Å². The number of aryl methyl sites for hydroxylation is 1. The Morgan fingerprint density at radius 2 is 1.84 bits per heavy atom. The Labute approximate surface area is 186 Å². The summed E-state index contributed by atoms with van der Waals surface area (Å²) in [6.07, 6.45) is 1.79. The van der Waals surface area contributed by atoms with Gasteiger partial charge in [0.1, 0.15) is 5.75 Å². The van der Waals surface area contributed by atoms with Gasteiger partial charge in [0.25, 0.3) is 0 Å². The summed E-state index contributed by atoms with van der Waals surface area (Å²) in [5.74, 6) is 1.22. The van der Waals surface area contributed by atoms with Crippen molar-refractivity contribution in [3.8, 4) is 5.75 Å². The smallest absolute Gasteiger partial charge is 0.241 e.